The van der Waals surface area contributed by atoms with Crippen molar-refractivity contribution in [2.75, 3.05) is 6.61 Å². The average molecular weight is 230 g/mol. The maximum absolute atomic E-state index is 13.0. The van der Waals surface area contributed by atoms with Gasteiger partial charge in [-0.3, -0.25) is 0 Å². The van der Waals surface area contributed by atoms with E-state index in [9.17, 15) is 8.78 Å². The number of benzene rings is 1. The summed E-state index contributed by atoms with van der Waals surface area (Å²) in [6, 6.07) is 2.98. The molecule has 0 aliphatic heterocycles. The van der Waals surface area contributed by atoms with Crippen LogP contribution in [0.25, 0.3) is 0 Å². The molecule has 0 fully saturated rings. The van der Waals surface area contributed by atoms with Gasteiger partial charge in [-0.05, 0) is 18.6 Å². The van der Waals surface area contributed by atoms with E-state index >= 15 is 0 Å². The molecule has 0 saturated heterocycles. The van der Waals surface area contributed by atoms with Crippen molar-refractivity contribution < 1.29 is 18.7 Å². The van der Waals surface area contributed by atoms with Gasteiger partial charge < -0.3 is 15.7 Å². The fourth-order valence-electron chi connectivity index (χ4n) is 1.07. The van der Waals surface area contributed by atoms with E-state index in [1.54, 1.807) is 0 Å². The number of oxime groups is 1. The van der Waals surface area contributed by atoms with E-state index in [0.717, 1.165) is 18.2 Å². The van der Waals surface area contributed by atoms with Gasteiger partial charge in [0.1, 0.15) is 11.7 Å². The molecule has 0 aliphatic rings. The molecule has 0 radical (unpaired) electrons. The summed E-state index contributed by atoms with van der Waals surface area (Å²) in [5, 5.41) is 11.0. The molecule has 16 heavy (non-hydrogen) atoms. The summed E-state index contributed by atoms with van der Waals surface area (Å²) in [5.74, 6) is -1.25. The number of nitrogens with zero attached hydrogens (tertiary/aromatic N) is 1. The van der Waals surface area contributed by atoms with Crippen molar-refractivity contribution in [1.29, 1.82) is 0 Å². The summed E-state index contributed by atoms with van der Waals surface area (Å²) in [4.78, 5) is 0. The standard InChI is InChI=1S/C10H12F2N2O2/c11-7-3-4-8(12)9(6-7)16-5-1-2-10(13)14-15/h3-4,6,15H,1-2,5H2,(H2,13,14). The van der Waals surface area contributed by atoms with E-state index in [2.05, 4.69) is 5.16 Å². The third kappa shape index (κ3) is 3.72. The summed E-state index contributed by atoms with van der Waals surface area (Å²) in [7, 11) is 0. The van der Waals surface area contributed by atoms with E-state index in [4.69, 9.17) is 15.7 Å². The number of hydrogen-bond donors (Lipinski definition) is 2. The van der Waals surface area contributed by atoms with Gasteiger partial charge >= 0.3 is 0 Å². The molecule has 3 N–H and O–H groups in total. The highest BCUT2D eigenvalue weighted by atomic mass is 19.1. The van der Waals surface area contributed by atoms with Crippen LogP contribution in [0.3, 0.4) is 0 Å². The highest BCUT2D eigenvalue weighted by Gasteiger charge is 2.04. The summed E-state index contributed by atoms with van der Waals surface area (Å²) in [6.45, 7) is 0.163. The lowest BCUT2D eigenvalue weighted by Gasteiger charge is -2.06. The van der Waals surface area contributed by atoms with E-state index in [-0.39, 0.29) is 18.2 Å². The van der Waals surface area contributed by atoms with E-state index in [1.165, 1.54) is 0 Å². The molecule has 0 aromatic heterocycles. The maximum Gasteiger partial charge on any atom is 0.165 e. The molecule has 0 atom stereocenters. The van der Waals surface area contributed by atoms with Gasteiger partial charge in [0.15, 0.2) is 11.6 Å². The maximum atomic E-state index is 13.0. The van der Waals surface area contributed by atoms with Crippen LogP contribution in [0.5, 0.6) is 5.75 Å². The van der Waals surface area contributed by atoms with Gasteiger partial charge in [0.2, 0.25) is 0 Å². The van der Waals surface area contributed by atoms with Gasteiger partial charge in [-0.1, -0.05) is 5.16 Å². The van der Waals surface area contributed by atoms with E-state index in [1.807, 2.05) is 0 Å². The van der Waals surface area contributed by atoms with Crippen molar-refractivity contribution in [2.24, 2.45) is 10.9 Å². The van der Waals surface area contributed by atoms with Gasteiger partial charge in [0, 0.05) is 12.5 Å². The molecule has 0 spiro atoms. The van der Waals surface area contributed by atoms with Crippen LogP contribution in [0.1, 0.15) is 12.8 Å². The van der Waals surface area contributed by atoms with Crippen molar-refractivity contribution in [3.05, 3.63) is 29.8 Å². The number of hydrogen-bond acceptors (Lipinski definition) is 3. The summed E-state index contributed by atoms with van der Waals surface area (Å²) >= 11 is 0. The molecule has 0 amide bonds. The number of rotatable bonds is 5. The lowest BCUT2D eigenvalue weighted by atomic mass is 10.3. The average Bonchev–Trinajstić information content (AvgIpc) is 2.28. The fourth-order valence-corrected chi connectivity index (χ4v) is 1.07. The molecular weight excluding hydrogens is 218 g/mol. The predicted molar refractivity (Wildman–Crippen MR) is 54.5 cm³/mol. The van der Waals surface area contributed by atoms with E-state index in [0.29, 0.717) is 12.8 Å². The van der Waals surface area contributed by atoms with Crippen LogP contribution in [0.4, 0.5) is 8.78 Å². The van der Waals surface area contributed by atoms with Crippen molar-refractivity contribution in [2.45, 2.75) is 12.8 Å². The summed E-state index contributed by atoms with van der Waals surface area (Å²) < 4.78 is 30.8. The Morgan fingerprint density at radius 2 is 2.19 bits per heavy atom. The number of amidine groups is 1. The summed E-state index contributed by atoms with van der Waals surface area (Å²) in [6.07, 6.45) is 0.777. The van der Waals surface area contributed by atoms with Gasteiger partial charge in [-0.25, -0.2) is 8.78 Å². The minimum absolute atomic E-state index is 0.0725. The van der Waals surface area contributed by atoms with Gasteiger partial charge in [-0.15, -0.1) is 0 Å². The molecule has 0 heterocycles. The molecule has 0 unspecified atom stereocenters. The Labute approximate surface area is 91.3 Å². The number of ether oxygens (including phenoxy) is 1. The van der Waals surface area contributed by atoms with Gasteiger partial charge in [0.25, 0.3) is 0 Å². The normalized spacial score (nSPS) is 11.5. The Balaban J connectivity index is 2.40. The molecule has 4 nitrogen and oxygen atoms in total. The monoisotopic (exact) mass is 230 g/mol. The minimum Gasteiger partial charge on any atom is -0.490 e. The Hall–Kier alpha value is -1.85. The van der Waals surface area contributed by atoms with Crippen LogP contribution in [-0.4, -0.2) is 17.6 Å². The van der Waals surface area contributed by atoms with Crippen molar-refractivity contribution in [3.8, 4) is 5.75 Å². The van der Waals surface area contributed by atoms with Crippen LogP contribution in [-0.2, 0) is 0 Å². The molecule has 6 heteroatoms. The number of halogens is 2. The molecular formula is C10H12F2N2O2. The quantitative estimate of drug-likeness (QED) is 0.267. The van der Waals surface area contributed by atoms with Crippen LogP contribution in [0.2, 0.25) is 0 Å². The SMILES string of the molecule is NC(CCCOc1cc(F)ccc1F)=NO. The highest BCUT2D eigenvalue weighted by molar-refractivity contribution is 5.79. The predicted octanol–water partition coefficient (Wildman–Crippen LogP) is 1.87. The van der Waals surface area contributed by atoms with Crippen molar-refractivity contribution in [3.63, 3.8) is 0 Å². The molecule has 0 saturated carbocycles. The Kier molecular flexibility index (Phi) is 4.50. The third-order valence-electron chi connectivity index (χ3n) is 1.86. The second-order valence-corrected chi connectivity index (χ2v) is 3.12. The zero-order valence-corrected chi connectivity index (χ0v) is 8.49. The second kappa shape index (κ2) is 5.89. The van der Waals surface area contributed by atoms with Gasteiger partial charge in [-0.2, -0.15) is 0 Å². The van der Waals surface area contributed by atoms with E-state index < -0.39 is 11.6 Å². The molecule has 0 bridgehead atoms. The first kappa shape index (κ1) is 12.2. The third-order valence-corrected chi connectivity index (χ3v) is 1.86. The smallest absolute Gasteiger partial charge is 0.165 e. The molecule has 1 rings (SSSR count). The first-order valence-corrected chi connectivity index (χ1v) is 4.67. The lowest BCUT2D eigenvalue weighted by molar-refractivity contribution is 0.292. The lowest BCUT2D eigenvalue weighted by Crippen LogP contribution is -2.13. The summed E-state index contributed by atoms with van der Waals surface area (Å²) in [5.41, 5.74) is 5.22. The molecule has 88 valence electrons. The highest BCUT2D eigenvalue weighted by Crippen LogP contribution is 2.18. The first-order chi connectivity index (χ1) is 7.63. The first-order valence-electron chi connectivity index (χ1n) is 4.67. The molecule has 0 aliphatic carbocycles. The van der Waals surface area contributed by atoms with Crippen molar-refractivity contribution in [1.82, 2.24) is 0 Å². The zero-order chi connectivity index (χ0) is 12.0. The van der Waals surface area contributed by atoms with Crippen LogP contribution in [0.15, 0.2) is 23.4 Å². The Morgan fingerprint density at radius 3 is 2.88 bits per heavy atom. The Morgan fingerprint density at radius 1 is 1.44 bits per heavy atom. The van der Waals surface area contributed by atoms with Gasteiger partial charge in [0.05, 0.1) is 6.61 Å². The van der Waals surface area contributed by atoms with Crippen LogP contribution in [0, 0.1) is 11.6 Å². The number of nitrogens with two attached hydrogens (primary N) is 1. The molecule has 1 aromatic rings. The Bertz CT molecular complexity index is 383. The second-order valence-electron chi connectivity index (χ2n) is 3.12. The zero-order valence-electron chi connectivity index (χ0n) is 8.49. The van der Waals surface area contributed by atoms with Crippen molar-refractivity contribution >= 4 is 5.84 Å². The largest absolute Gasteiger partial charge is 0.490 e. The topological polar surface area (TPSA) is 67.8 Å². The molecule has 1 aromatic carbocycles. The minimum atomic E-state index is -0.620. The van der Waals surface area contributed by atoms with Crippen LogP contribution >= 0.6 is 0 Å². The van der Waals surface area contributed by atoms with Crippen LogP contribution < -0.4 is 10.5 Å². The fraction of sp³-hybridized carbons (Fsp3) is 0.300.